The average Bonchev–Trinajstić information content (AvgIpc) is 3.12. The normalized spacial score (nSPS) is 30.3. The van der Waals surface area contributed by atoms with E-state index >= 15 is 0 Å². The zero-order valence-electron chi connectivity index (χ0n) is 11.1. The van der Waals surface area contributed by atoms with Gasteiger partial charge in [0.25, 0.3) is 0 Å². The van der Waals surface area contributed by atoms with E-state index in [0.29, 0.717) is 31.1 Å². The standard InChI is InChI=1S/C13H25N3O/c1-10-4-3-7-16(12(10)8-14)9-13(17)15(2)11-5-6-11/h10-12H,3-9,14H2,1-2H3. The maximum atomic E-state index is 12.1. The van der Waals surface area contributed by atoms with Crippen molar-refractivity contribution in [1.82, 2.24) is 9.80 Å². The summed E-state index contributed by atoms with van der Waals surface area (Å²) >= 11 is 0. The largest absolute Gasteiger partial charge is 0.342 e. The fraction of sp³-hybridized carbons (Fsp3) is 0.923. The lowest BCUT2D eigenvalue weighted by molar-refractivity contribution is -0.132. The summed E-state index contributed by atoms with van der Waals surface area (Å²) in [4.78, 5) is 16.3. The van der Waals surface area contributed by atoms with E-state index in [2.05, 4.69) is 11.8 Å². The molecule has 0 bridgehead atoms. The SMILES string of the molecule is CC1CCCN(CC(=O)N(C)C2CC2)C1CN. The maximum Gasteiger partial charge on any atom is 0.236 e. The molecule has 0 aromatic carbocycles. The van der Waals surface area contributed by atoms with Gasteiger partial charge in [-0.3, -0.25) is 9.69 Å². The van der Waals surface area contributed by atoms with Crippen molar-refractivity contribution in [3.05, 3.63) is 0 Å². The molecule has 0 aromatic heterocycles. The molecule has 2 rings (SSSR count). The van der Waals surface area contributed by atoms with Gasteiger partial charge in [0.15, 0.2) is 0 Å². The molecule has 0 radical (unpaired) electrons. The van der Waals surface area contributed by atoms with Gasteiger partial charge in [-0.1, -0.05) is 6.92 Å². The van der Waals surface area contributed by atoms with Gasteiger partial charge in [0, 0.05) is 25.7 Å². The second-order valence-electron chi connectivity index (χ2n) is 5.63. The Balaban J connectivity index is 1.89. The van der Waals surface area contributed by atoms with Gasteiger partial charge in [-0.15, -0.1) is 0 Å². The van der Waals surface area contributed by atoms with E-state index in [1.807, 2.05) is 11.9 Å². The molecule has 0 aromatic rings. The van der Waals surface area contributed by atoms with E-state index in [0.717, 1.165) is 6.54 Å². The molecule has 0 spiro atoms. The van der Waals surface area contributed by atoms with Crippen LogP contribution in [0.2, 0.25) is 0 Å². The van der Waals surface area contributed by atoms with Crippen molar-refractivity contribution in [2.24, 2.45) is 11.7 Å². The van der Waals surface area contributed by atoms with Crippen molar-refractivity contribution >= 4 is 5.91 Å². The predicted molar refractivity (Wildman–Crippen MR) is 68.6 cm³/mol. The van der Waals surface area contributed by atoms with Crippen molar-refractivity contribution in [2.75, 3.05) is 26.7 Å². The molecule has 4 heteroatoms. The van der Waals surface area contributed by atoms with Crippen molar-refractivity contribution in [3.63, 3.8) is 0 Å². The summed E-state index contributed by atoms with van der Waals surface area (Å²) in [6.07, 6.45) is 4.79. The van der Waals surface area contributed by atoms with E-state index in [1.165, 1.54) is 25.7 Å². The molecular formula is C13H25N3O. The number of carbonyl (C=O) groups is 1. The molecule has 98 valence electrons. The number of nitrogens with zero attached hydrogens (tertiary/aromatic N) is 2. The van der Waals surface area contributed by atoms with Crippen LogP contribution in [0.4, 0.5) is 0 Å². The van der Waals surface area contributed by atoms with Gasteiger partial charge in [-0.05, 0) is 38.1 Å². The number of amides is 1. The summed E-state index contributed by atoms with van der Waals surface area (Å²) in [5.41, 5.74) is 5.84. The molecule has 4 nitrogen and oxygen atoms in total. The topological polar surface area (TPSA) is 49.6 Å². The summed E-state index contributed by atoms with van der Waals surface area (Å²) in [5, 5.41) is 0. The number of piperidine rings is 1. The van der Waals surface area contributed by atoms with Crippen molar-refractivity contribution < 1.29 is 4.79 Å². The first kappa shape index (κ1) is 12.8. The second kappa shape index (κ2) is 5.36. The van der Waals surface area contributed by atoms with Gasteiger partial charge in [-0.25, -0.2) is 0 Å². The summed E-state index contributed by atoms with van der Waals surface area (Å²) in [5.74, 6) is 0.882. The number of nitrogens with two attached hydrogens (primary N) is 1. The highest BCUT2D eigenvalue weighted by Crippen LogP contribution is 2.26. The predicted octanol–water partition coefficient (Wildman–Crippen LogP) is 0.666. The number of rotatable bonds is 4. The number of carbonyl (C=O) groups excluding carboxylic acids is 1. The molecule has 2 atom stereocenters. The van der Waals surface area contributed by atoms with E-state index in [1.54, 1.807) is 0 Å². The van der Waals surface area contributed by atoms with Crippen LogP contribution in [-0.4, -0.2) is 54.5 Å². The minimum atomic E-state index is 0.264. The molecule has 1 heterocycles. The lowest BCUT2D eigenvalue weighted by atomic mass is 9.91. The van der Waals surface area contributed by atoms with Crippen LogP contribution >= 0.6 is 0 Å². The smallest absolute Gasteiger partial charge is 0.236 e. The molecule has 2 unspecified atom stereocenters. The Morgan fingerprint density at radius 3 is 2.71 bits per heavy atom. The van der Waals surface area contributed by atoms with Crippen LogP contribution in [0.25, 0.3) is 0 Å². The van der Waals surface area contributed by atoms with Crippen LogP contribution in [0.3, 0.4) is 0 Å². The maximum absolute atomic E-state index is 12.1. The van der Waals surface area contributed by atoms with Crippen LogP contribution in [-0.2, 0) is 4.79 Å². The minimum Gasteiger partial charge on any atom is -0.342 e. The fourth-order valence-electron chi connectivity index (χ4n) is 2.86. The Labute approximate surface area is 104 Å². The second-order valence-corrected chi connectivity index (χ2v) is 5.63. The van der Waals surface area contributed by atoms with E-state index in [-0.39, 0.29) is 5.91 Å². The third-order valence-corrected chi connectivity index (χ3v) is 4.30. The number of hydrogen-bond donors (Lipinski definition) is 1. The lowest BCUT2D eigenvalue weighted by Crippen LogP contribution is -2.52. The van der Waals surface area contributed by atoms with Gasteiger partial charge in [0.05, 0.1) is 6.54 Å². The summed E-state index contributed by atoms with van der Waals surface area (Å²) in [7, 11) is 1.94. The van der Waals surface area contributed by atoms with Gasteiger partial charge in [0.1, 0.15) is 0 Å². The van der Waals surface area contributed by atoms with Gasteiger partial charge >= 0.3 is 0 Å². The monoisotopic (exact) mass is 239 g/mol. The Bertz CT molecular complexity index is 278. The van der Waals surface area contributed by atoms with Crippen LogP contribution in [0, 0.1) is 5.92 Å². The Kier molecular flexibility index (Phi) is 4.05. The molecule has 17 heavy (non-hydrogen) atoms. The van der Waals surface area contributed by atoms with Crippen LogP contribution in [0.15, 0.2) is 0 Å². The first-order valence-electron chi connectivity index (χ1n) is 6.83. The molecule has 1 saturated carbocycles. The van der Waals surface area contributed by atoms with Crippen LogP contribution in [0.5, 0.6) is 0 Å². The van der Waals surface area contributed by atoms with Gasteiger partial charge in [0.2, 0.25) is 5.91 Å². The van der Waals surface area contributed by atoms with E-state index in [4.69, 9.17) is 5.73 Å². The quantitative estimate of drug-likeness (QED) is 0.784. The lowest BCUT2D eigenvalue weighted by Gasteiger charge is -2.39. The molecule has 1 amide bonds. The highest BCUT2D eigenvalue weighted by atomic mass is 16.2. The summed E-state index contributed by atoms with van der Waals surface area (Å²) in [6, 6.07) is 0.904. The third kappa shape index (κ3) is 2.99. The first-order valence-corrected chi connectivity index (χ1v) is 6.83. The Morgan fingerprint density at radius 2 is 2.12 bits per heavy atom. The zero-order valence-corrected chi connectivity index (χ0v) is 11.1. The van der Waals surface area contributed by atoms with Gasteiger partial charge in [-0.2, -0.15) is 0 Å². The molecule has 2 aliphatic rings. The fourth-order valence-corrected chi connectivity index (χ4v) is 2.86. The average molecular weight is 239 g/mol. The van der Waals surface area contributed by atoms with Crippen molar-refractivity contribution in [3.8, 4) is 0 Å². The number of likely N-dealkylation sites (N-methyl/N-ethyl adjacent to an activating group) is 1. The first-order chi connectivity index (χ1) is 8.13. The van der Waals surface area contributed by atoms with Crippen LogP contribution in [0.1, 0.15) is 32.6 Å². The van der Waals surface area contributed by atoms with Crippen molar-refractivity contribution in [2.45, 2.75) is 44.7 Å². The molecule has 1 aliphatic carbocycles. The van der Waals surface area contributed by atoms with Crippen LogP contribution < -0.4 is 5.73 Å². The molecule has 2 N–H and O–H groups in total. The highest BCUT2D eigenvalue weighted by molar-refractivity contribution is 5.78. The molecular weight excluding hydrogens is 214 g/mol. The number of likely N-dealkylation sites (tertiary alicyclic amines) is 1. The Morgan fingerprint density at radius 1 is 1.41 bits per heavy atom. The highest BCUT2D eigenvalue weighted by Gasteiger charge is 2.33. The molecule has 1 aliphatic heterocycles. The van der Waals surface area contributed by atoms with E-state index < -0.39 is 0 Å². The summed E-state index contributed by atoms with van der Waals surface area (Å²) < 4.78 is 0. The zero-order chi connectivity index (χ0) is 12.4. The molecule has 2 fully saturated rings. The minimum absolute atomic E-state index is 0.264. The van der Waals surface area contributed by atoms with Gasteiger partial charge < -0.3 is 10.6 Å². The third-order valence-electron chi connectivity index (χ3n) is 4.30. The summed E-state index contributed by atoms with van der Waals surface area (Å²) in [6.45, 7) is 4.50. The molecule has 1 saturated heterocycles. The Hall–Kier alpha value is -0.610. The van der Waals surface area contributed by atoms with Crippen molar-refractivity contribution in [1.29, 1.82) is 0 Å². The van der Waals surface area contributed by atoms with E-state index in [9.17, 15) is 4.79 Å². The number of hydrogen-bond acceptors (Lipinski definition) is 3.